The van der Waals surface area contributed by atoms with Crippen molar-refractivity contribution in [3.05, 3.63) is 40.3 Å². The van der Waals surface area contributed by atoms with E-state index in [0.717, 1.165) is 18.4 Å². The zero-order chi connectivity index (χ0) is 14.6. The summed E-state index contributed by atoms with van der Waals surface area (Å²) in [6.45, 7) is 1.73. The van der Waals surface area contributed by atoms with Crippen molar-refractivity contribution in [2.75, 3.05) is 19.6 Å². The van der Waals surface area contributed by atoms with E-state index >= 15 is 0 Å². The first-order valence-corrected chi connectivity index (χ1v) is 8.53. The predicted molar refractivity (Wildman–Crippen MR) is 82.8 cm³/mol. The molecule has 0 unspecified atom stereocenters. The first-order valence-electron chi connectivity index (χ1n) is 6.65. The fourth-order valence-corrected chi connectivity index (χ4v) is 3.57. The summed E-state index contributed by atoms with van der Waals surface area (Å²) in [5, 5.41) is 1.90. The number of hydrogen-bond acceptors (Lipinski definition) is 3. The molecule has 2 N–H and O–H groups in total. The zero-order valence-electron chi connectivity index (χ0n) is 11.2. The van der Waals surface area contributed by atoms with Crippen LogP contribution in [0, 0.1) is 5.92 Å². The van der Waals surface area contributed by atoms with Crippen molar-refractivity contribution in [3.63, 3.8) is 0 Å². The lowest BCUT2D eigenvalue weighted by Crippen LogP contribution is -2.39. The summed E-state index contributed by atoms with van der Waals surface area (Å²) < 4.78 is 25.9. The van der Waals surface area contributed by atoms with Gasteiger partial charge < -0.3 is 5.73 Å². The number of halogens is 1. The molecule has 1 aromatic rings. The second-order valence-electron chi connectivity index (χ2n) is 4.98. The van der Waals surface area contributed by atoms with Crippen molar-refractivity contribution < 1.29 is 8.42 Å². The third-order valence-corrected chi connectivity index (χ3v) is 5.39. The zero-order valence-corrected chi connectivity index (χ0v) is 12.8. The number of rotatable bonds is 4. The van der Waals surface area contributed by atoms with Gasteiger partial charge in [-0.05, 0) is 49.1 Å². The third-order valence-electron chi connectivity index (χ3n) is 3.57. The van der Waals surface area contributed by atoms with Crippen LogP contribution in [0.1, 0.15) is 18.4 Å². The Labute approximate surface area is 125 Å². The molecule has 1 aromatic carbocycles. The molecular formula is C14H19ClN2O2S. The van der Waals surface area contributed by atoms with E-state index in [9.17, 15) is 8.42 Å². The summed E-state index contributed by atoms with van der Waals surface area (Å²) in [6, 6.07) is 7.05. The van der Waals surface area contributed by atoms with Crippen LogP contribution < -0.4 is 5.73 Å². The summed E-state index contributed by atoms with van der Waals surface area (Å²) >= 11 is 5.79. The molecule has 6 heteroatoms. The average Bonchev–Trinajstić information content (AvgIpc) is 2.47. The monoisotopic (exact) mass is 314 g/mol. The van der Waals surface area contributed by atoms with Gasteiger partial charge in [-0.3, -0.25) is 0 Å². The molecule has 20 heavy (non-hydrogen) atoms. The molecule has 0 bridgehead atoms. The molecule has 1 saturated heterocycles. The number of benzene rings is 1. The molecule has 0 spiro atoms. The number of nitrogens with zero attached hydrogens (tertiary/aromatic N) is 1. The third kappa shape index (κ3) is 4.06. The maximum Gasteiger partial charge on any atom is 0.236 e. The van der Waals surface area contributed by atoms with Crippen molar-refractivity contribution >= 4 is 27.7 Å². The first kappa shape index (κ1) is 15.5. The Balaban J connectivity index is 2.02. The smallest absolute Gasteiger partial charge is 0.236 e. The number of hydrogen-bond donors (Lipinski definition) is 1. The second kappa shape index (κ2) is 6.72. The van der Waals surface area contributed by atoms with Gasteiger partial charge in [-0.2, -0.15) is 4.31 Å². The maximum absolute atomic E-state index is 12.2. The molecule has 0 aliphatic carbocycles. The molecule has 0 amide bonds. The van der Waals surface area contributed by atoms with Gasteiger partial charge in [0.25, 0.3) is 0 Å². The highest BCUT2D eigenvalue weighted by Gasteiger charge is 2.25. The lowest BCUT2D eigenvalue weighted by Gasteiger charge is -2.29. The van der Waals surface area contributed by atoms with Crippen molar-refractivity contribution in [1.82, 2.24) is 4.31 Å². The maximum atomic E-state index is 12.2. The molecule has 1 heterocycles. The van der Waals surface area contributed by atoms with Gasteiger partial charge in [0.2, 0.25) is 10.0 Å². The fourth-order valence-electron chi connectivity index (χ4n) is 2.22. The van der Waals surface area contributed by atoms with Gasteiger partial charge in [-0.25, -0.2) is 8.42 Å². The molecular weight excluding hydrogens is 296 g/mol. The summed E-state index contributed by atoms with van der Waals surface area (Å²) in [4.78, 5) is 0. The largest absolute Gasteiger partial charge is 0.330 e. The van der Waals surface area contributed by atoms with Crippen LogP contribution in [-0.4, -0.2) is 32.4 Å². The van der Waals surface area contributed by atoms with Crippen LogP contribution in [0.5, 0.6) is 0 Å². The van der Waals surface area contributed by atoms with Crippen LogP contribution in [-0.2, 0) is 10.0 Å². The average molecular weight is 315 g/mol. The van der Waals surface area contributed by atoms with E-state index < -0.39 is 10.0 Å². The van der Waals surface area contributed by atoms with Gasteiger partial charge in [-0.15, -0.1) is 0 Å². The van der Waals surface area contributed by atoms with Crippen molar-refractivity contribution in [2.45, 2.75) is 12.8 Å². The molecule has 0 saturated carbocycles. The molecule has 0 atom stereocenters. The lowest BCUT2D eigenvalue weighted by molar-refractivity contribution is 0.281. The van der Waals surface area contributed by atoms with Crippen LogP contribution in [0.25, 0.3) is 6.08 Å². The highest BCUT2D eigenvalue weighted by molar-refractivity contribution is 7.92. The fraction of sp³-hybridized carbons (Fsp3) is 0.429. The highest BCUT2D eigenvalue weighted by Crippen LogP contribution is 2.20. The Hall–Kier alpha value is -0.880. The predicted octanol–water partition coefficient (Wildman–Crippen LogP) is 2.31. The Kier molecular flexibility index (Phi) is 5.21. The Morgan fingerprint density at radius 2 is 1.85 bits per heavy atom. The van der Waals surface area contributed by atoms with Crippen LogP contribution in [0.3, 0.4) is 0 Å². The molecule has 4 nitrogen and oxygen atoms in total. The number of sulfonamides is 1. The van der Waals surface area contributed by atoms with Gasteiger partial charge in [0.05, 0.1) is 0 Å². The summed E-state index contributed by atoms with van der Waals surface area (Å²) in [7, 11) is -3.34. The standard InChI is InChI=1S/C14H19ClN2O2S/c15-14-3-1-12(2-4-14)7-10-20(18,19)17-8-5-13(11-16)6-9-17/h1-4,7,10,13H,5-6,8-9,11,16H2. The number of piperidine rings is 1. The minimum Gasteiger partial charge on any atom is -0.330 e. The van der Waals surface area contributed by atoms with Crippen molar-refractivity contribution in [2.24, 2.45) is 11.7 Å². The molecule has 0 radical (unpaired) electrons. The van der Waals surface area contributed by atoms with E-state index in [1.54, 1.807) is 30.3 Å². The van der Waals surface area contributed by atoms with E-state index in [1.165, 1.54) is 9.71 Å². The molecule has 1 aliphatic heterocycles. The lowest BCUT2D eigenvalue weighted by atomic mass is 9.99. The van der Waals surface area contributed by atoms with E-state index in [0.29, 0.717) is 30.6 Å². The van der Waals surface area contributed by atoms with Gasteiger partial charge in [0.1, 0.15) is 0 Å². The topological polar surface area (TPSA) is 63.4 Å². The van der Waals surface area contributed by atoms with E-state index in [-0.39, 0.29) is 0 Å². The minimum atomic E-state index is -3.34. The van der Waals surface area contributed by atoms with Gasteiger partial charge >= 0.3 is 0 Å². The molecule has 1 fully saturated rings. The van der Waals surface area contributed by atoms with Crippen LogP contribution in [0.4, 0.5) is 0 Å². The van der Waals surface area contributed by atoms with E-state index in [1.807, 2.05) is 0 Å². The minimum absolute atomic E-state index is 0.446. The number of nitrogens with two attached hydrogens (primary N) is 1. The second-order valence-corrected chi connectivity index (χ2v) is 7.23. The van der Waals surface area contributed by atoms with Crippen LogP contribution in [0.15, 0.2) is 29.7 Å². The van der Waals surface area contributed by atoms with E-state index in [4.69, 9.17) is 17.3 Å². The summed E-state index contributed by atoms with van der Waals surface area (Å²) in [6.07, 6.45) is 3.27. The van der Waals surface area contributed by atoms with Crippen molar-refractivity contribution in [1.29, 1.82) is 0 Å². The highest BCUT2D eigenvalue weighted by atomic mass is 35.5. The van der Waals surface area contributed by atoms with Gasteiger partial charge in [0.15, 0.2) is 0 Å². The van der Waals surface area contributed by atoms with Gasteiger partial charge in [-0.1, -0.05) is 23.7 Å². The normalized spacial score (nSPS) is 18.7. The molecule has 2 rings (SSSR count). The first-order chi connectivity index (χ1) is 9.51. The van der Waals surface area contributed by atoms with Crippen molar-refractivity contribution in [3.8, 4) is 0 Å². The van der Waals surface area contributed by atoms with Gasteiger partial charge in [0, 0.05) is 23.5 Å². The quantitative estimate of drug-likeness (QED) is 0.927. The van der Waals surface area contributed by atoms with E-state index in [2.05, 4.69) is 0 Å². The van der Waals surface area contributed by atoms with Crippen LogP contribution in [0.2, 0.25) is 5.02 Å². The summed E-state index contributed by atoms with van der Waals surface area (Å²) in [5.74, 6) is 0.446. The van der Waals surface area contributed by atoms with Crippen LogP contribution >= 0.6 is 11.6 Å². The molecule has 0 aromatic heterocycles. The molecule has 1 aliphatic rings. The summed E-state index contributed by atoms with van der Waals surface area (Å²) in [5.41, 5.74) is 6.43. The Bertz CT molecular complexity index is 561. The Morgan fingerprint density at radius 1 is 1.25 bits per heavy atom. The Morgan fingerprint density at radius 3 is 2.40 bits per heavy atom. The molecule has 110 valence electrons. The SMILES string of the molecule is NCC1CCN(S(=O)(=O)C=Cc2ccc(Cl)cc2)CC1.